The fourth-order valence-electron chi connectivity index (χ4n) is 7.39. The normalized spacial score (nSPS) is 30.1. The molecule has 7 rings (SSSR count). The van der Waals surface area contributed by atoms with Gasteiger partial charge in [-0.25, -0.2) is 9.38 Å². The summed E-state index contributed by atoms with van der Waals surface area (Å²) >= 11 is 1.24. The van der Waals surface area contributed by atoms with Crippen molar-refractivity contribution in [3.8, 4) is 0 Å². The van der Waals surface area contributed by atoms with Crippen LogP contribution in [0.1, 0.15) is 51.0 Å². The first-order chi connectivity index (χ1) is 17.9. The van der Waals surface area contributed by atoms with Gasteiger partial charge in [-0.3, -0.25) is 14.5 Å². The Kier molecular flexibility index (Phi) is 6.43. The molecule has 1 heterocycles. The van der Waals surface area contributed by atoms with E-state index in [2.05, 4.69) is 17.2 Å². The van der Waals surface area contributed by atoms with E-state index in [-0.39, 0.29) is 34.8 Å². The largest absolute Gasteiger partial charge is 0.352 e. The van der Waals surface area contributed by atoms with E-state index in [4.69, 9.17) is 0 Å². The van der Waals surface area contributed by atoms with E-state index in [1.807, 2.05) is 30.3 Å². The van der Waals surface area contributed by atoms with Gasteiger partial charge in [-0.2, -0.15) is 0 Å². The number of halogens is 1. The van der Waals surface area contributed by atoms with Gasteiger partial charge in [0, 0.05) is 6.04 Å². The minimum atomic E-state index is -0.375. The summed E-state index contributed by atoms with van der Waals surface area (Å²) in [6, 6.07) is 15.4. The molecule has 4 aliphatic carbocycles. The maximum Gasteiger partial charge on any atom is 0.283 e. The number of thioether (sulfide) groups is 1. The van der Waals surface area contributed by atoms with Crippen LogP contribution in [0, 0.1) is 29.0 Å². The first-order valence-electron chi connectivity index (χ1n) is 13.3. The Hall–Kier alpha value is -2.93. The van der Waals surface area contributed by atoms with Crippen molar-refractivity contribution in [2.45, 2.75) is 51.5 Å². The molecule has 4 bridgehead atoms. The molecule has 0 spiro atoms. The summed E-state index contributed by atoms with van der Waals surface area (Å²) in [7, 11) is 0. The lowest BCUT2D eigenvalue weighted by molar-refractivity contribution is -0.123. The number of rotatable bonds is 6. The Balaban J connectivity index is 1.17. The van der Waals surface area contributed by atoms with Crippen molar-refractivity contribution in [1.82, 2.24) is 5.32 Å². The number of benzene rings is 2. The lowest BCUT2D eigenvalue weighted by atomic mass is 9.48. The smallest absolute Gasteiger partial charge is 0.283 e. The molecule has 2 aromatic rings. The number of anilines is 1. The van der Waals surface area contributed by atoms with Gasteiger partial charge < -0.3 is 5.32 Å². The van der Waals surface area contributed by atoms with Gasteiger partial charge in [0.25, 0.3) is 5.91 Å². The Morgan fingerprint density at radius 1 is 1.08 bits per heavy atom. The second-order valence-corrected chi connectivity index (χ2v) is 12.3. The van der Waals surface area contributed by atoms with Crippen LogP contribution in [0.5, 0.6) is 0 Å². The zero-order valence-corrected chi connectivity index (χ0v) is 21.8. The Morgan fingerprint density at radius 2 is 1.70 bits per heavy atom. The molecule has 5 nitrogen and oxygen atoms in total. The van der Waals surface area contributed by atoms with Crippen LogP contribution in [0.3, 0.4) is 0 Å². The van der Waals surface area contributed by atoms with Gasteiger partial charge in [-0.1, -0.05) is 42.1 Å². The zero-order valence-electron chi connectivity index (χ0n) is 21.0. The fourth-order valence-corrected chi connectivity index (χ4v) is 8.22. The number of carbonyl (C=O) groups excluding carboxylic acids is 2. The van der Waals surface area contributed by atoms with Gasteiger partial charge in [-0.05, 0) is 105 Å². The SMILES string of the molecule is C[C@@H](NC(=O)CSC1=N/C(=C\c2ccccc2)C(=O)N1c1ccc(F)cc1)C12CC3CC(CC(C3)C1)C2. The molecule has 2 aromatic carbocycles. The molecule has 4 fully saturated rings. The minimum Gasteiger partial charge on any atom is -0.352 e. The molecule has 5 aliphatic rings. The summed E-state index contributed by atoms with van der Waals surface area (Å²) in [6.45, 7) is 2.18. The third-order valence-electron chi connectivity index (χ3n) is 8.73. The number of hydrogen-bond donors (Lipinski definition) is 1. The van der Waals surface area contributed by atoms with Crippen LogP contribution in [0.4, 0.5) is 10.1 Å². The third-order valence-corrected chi connectivity index (χ3v) is 9.67. The van der Waals surface area contributed by atoms with Crippen LogP contribution in [0.15, 0.2) is 65.3 Å². The first-order valence-corrected chi connectivity index (χ1v) is 14.2. The van der Waals surface area contributed by atoms with Crippen LogP contribution in [-0.2, 0) is 9.59 Å². The average Bonchev–Trinajstić information content (AvgIpc) is 3.18. The number of nitrogens with zero attached hydrogens (tertiary/aromatic N) is 2. The number of amides is 2. The molecule has 1 atom stereocenters. The molecular formula is C30H32FN3O2S. The Morgan fingerprint density at radius 3 is 2.32 bits per heavy atom. The van der Waals surface area contributed by atoms with Crippen molar-refractivity contribution >= 4 is 40.5 Å². The third kappa shape index (κ3) is 4.86. The van der Waals surface area contributed by atoms with Gasteiger partial charge in [-0.15, -0.1) is 0 Å². The number of carbonyl (C=O) groups is 2. The number of hydrogen-bond acceptors (Lipinski definition) is 4. The quantitative estimate of drug-likeness (QED) is 0.477. The summed E-state index contributed by atoms with van der Waals surface area (Å²) in [4.78, 5) is 32.5. The highest BCUT2D eigenvalue weighted by molar-refractivity contribution is 8.14. The summed E-state index contributed by atoms with van der Waals surface area (Å²) in [6.07, 6.45) is 9.58. The fraction of sp³-hybridized carbons (Fsp3) is 0.433. The molecule has 2 amide bonds. The molecule has 7 heteroatoms. The predicted molar refractivity (Wildman–Crippen MR) is 146 cm³/mol. The van der Waals surface area contributed by atoms with E-state index >= 15 is 0 Å². The van der Waals surface area contributed by atoms with E-state index in [0.717, 1.165) is 23.3 Å². The van der Waals surface area contributed by atoms with E-state index in [0.29, 0.717) is 16.6 Å². The maximum absolute atomic E-state index is 13.6. The molecule has 0 saturated heterocycles. The van der Waals surface area contributed by atoms with Crippen LogP contribution >= 0.6 is 11.8 Å². The van der Waals surface area contributed by atoms with E-state index in [9.17, 15) is 14.0 Å². The molecule has 0 radical (unpaired) electrons. The van der Waals surface area contributed by atoms with Crippen LogP contribution < -0.4 is 10.2 Å². The second kappa shape index (κ2) is 9.75. The van der Waals surface area contributed by atoms with Gasteiger partial charge in [0.15, 0.2) is 5.17 Å². The highest BCUT2D eigenvalue weighted by Gasteiger charge is 2.53. The van der Waals surface area contributed by atoms with E-state index in [1.165, 1.54) is 67.3 Å². The molecule has 37 heavy (non-hydrogen) atoms. The monoisotopic (exact) mass is 517 g/mol. The lowest BCUT2D eigenvalue weighted by Gasteiger charge is -2.59. The highest BCUT2D eigenvalue weighted by Crippen LogP contribution is 2.61. The number of amidine groups is 1. The maximum atomic E-state index is 13.6. The topological polar surface area (TPSA) is 61.8 Å². The molecule has 0 unspecified atom stereocenters. The van der Waals surface area contributed by atoms with Crippen LogP contribution in [0.25, 0.3) is 6.08 Å². The van der Waals surface area contributed by atoms with Crippen LogP contribution in [0.2, 0.25) is 0 Å². The van der Waals surface area contributed by atoms with Gasteiger partial charge in [0.2, 0.25) is 5.91 Å². The second-order valence-electron chi connectivity index (χ2n) is 11.3. The Bertz CT molecular complexity index is 1220. The molecule has 0 aromatic heterocycles. The highest BCUT2D eigenvalue weighted by atomic mass is 32.2. The van der Waals surface area contributed by atoms with Gasteiger partial charge in [0.05, 0.1) is 11.4 Å². The minimum absolute atomic E-state index is 0.0389. The van der Waals surface area contributed by atoms with Crippen LogP contribution in [-0.4, -0.2) is 28.8 Å². The summed E-state index contributed by atoms with van der Waals surface area (Å²) in [5, 5.41) is 3.73. The lowest BCUT2D eigenvalue weighted by Crippen LogP contribution is -2.56. The van der Waals surface area contributed by atoms with Crippen molar-refractivity contribution in [2.24, 2.45) is 28.2 Å². The van der Waals surface area contributed by atoms with E-state index < -0.39 is 0 Å². The van der Waals surface area contributed by atoms with Crippen molar-refractivity contribution in [2.75, 3.05) is 10.7 Å². The molecule has 1 aliphatic heterocycles. The summed E-state index contributed by atoms with van der Waals surface area (Å²) < 4.78 is 13.6. The summed E-state index contributed by atoms with van der Waals surface area (Å²) in [5.74, 6) is 1.95. The van der Waals surface area contributed by atoms with Crippen molar-refractivity contribution in [3.63, 3.8) is 0 Å². The van der Waals surface area contributed by atoms with Gasteiger partial charge >= 0.3 is 0 Å². The van der Waals surface area contributed by atoms with Crippen molar-refractivity contribution in [3.05, 3.63) is 71.7 Å². The molecule has 192 valence electrons. The summed E-state index contributed by atoms with van der Waals surface area (Å²) in [5.41, 5.74) is 1.92. The van der Waals surface area contributed by atoms with Crippen molar-refractivity contribution < 1.29 is 14.0 Å². The Labute approximate surface area is 221 Å². The van der Waals surface area contributed by atoms with Gasteiger partial charge in [0.1, 0.15) is 11.5 Å². The van der Waals surface area contributed by atoms with Crippen molar-refractivity contribution in [1.29, 1.82) is 0 Å². The molecular weight excluding hydrogens is 485 g/mol. The number of nitrogens with one attached hydrogen (secondary N) is 1. The first kappa shape index (κ1) is 24.4. The molecule has 4 saturated carbocycles. The predicted octanol–water partition coefficient (Wildman–Crippen LogP) is 6.02. The number of aliphatic imine (C=N–C) groups is 1. The average molecular weight is 518 g/mol. The standard InChI is InChI=1S/C30H32FN3O2S/c1-19(30-15-21-11-22(16-30)13-23(12-21)17-30)32-27(35)18-37-29-33-26(14-20-5-3-2-4-6-20)28(36)34(29)25-9-7-24(31)8-10-25/h2-10,14,19,21-23H,11-13,15-18H2,1H3,(H,32,35)/b26-14-/t19-,21?,22?,23?,30?/m1/s1. The zero-order chi connectivity index (χ0) is 25.6. The molecule has 1 N–H and O–H groups in total. The van der Waals surface area contributed by atoms with E-state index in [1.54, 1.807) is 18.2 Å².